The Hall–Kier alpha value is -0.413. The highest BCUT2D eigenvalue weighted by atomic mass is 32.2. The smallest absolute Gasteiger partial charge is 0.0532 e. The molecule has 0 amide bonds. The summed E-state index contributed by atoms with van der Waals surface area (Å²) in [7, 11) is -1.90. The molecule has 0 aliphatic carbocycles. The lowest BCUT2D eigenvalue weighted by Gasteiger charge is -2.16. The van der Waals surface area contributed by atoms with Crippen LogP contribution in [0.3, 0.4) is 0 Å². The highest BCUT2D eigenvalue weighted by molar-refractivity contribution is 7.85. The number of rotatable bonds is 4. The van der Waals surface area contributed by atoms with Crippen molar-refractivity contribution in [2.24, 2.45) is 0 Å². The zero-order chi connectivity index (χ0) is 12.3. The standard InChI is InChI=1S/C13H22OSSi/c1-11-7-6-8-12(2)13(11)15(14)9-10-16(3,4)5/h6-8H,9-10H2,1-5H3. The first kappa shape index (κ1) is 13.7. The van der Waals surface area contributed by atoms with Crippen LogP contribution in [0, 0.1) is 13.8 Å². The molecule has 0 saturated carbocycles. The van der Waals surface area contributed by atoms with E-state index in [1.807, 2.05) is 6.07 Å². The van der Waals surface area contributed by atoms with E-state index in [1.165, 1.54) is 0 Å². The van der Waals surface area contributed by atoms with E-state index in [4.69, 9.17) is 0 Å². The van der Waals surface area contributed by atoms with Gasteiger partial charge in [-0.05, 0) is 31.0 Å². The molecular weight excluding hydrogens is 232 g/mol. The summed E-state index contributed by atoms with van der Waals surface area (Å²) in [6.45, 7) is 11.1. The van der Waals surface area contributed by atoms with Crippen molar-refractivity contribution in [1.82, 2.24) is 0 Å². The van der Waals surface area contributed by atoms with E-state index in [2.05, 4.69) is 45.6 Å². The quantitative estimate of drug-likeness (QED) is 0.748. The zero-order valence-corrected chi connectivity index (χ0v) is 12.8. The highest BCUT2D eigenvalue weighted by Gasteiger charge is 2.17. The number of hydrogen-bond acceptors (Lipinski definition) is 1. The van der Waals surface area contributed by atoms with Crippen LogP contribution >= 0.6 is 0 Å². The molecule has 16 heavy (non-hydrogen) atoms. The van der Waals surface area contributed by atoms with E-state index in [0.717, 1.165) is 27.8 Å². The maximum Gasteiger partial charge on any atom is 0.0532 e. The molecule has 1 rings (SSSR count). The Balaban J connectivity index is 2.81. The third-order valence-corrected chi connectivity index (χ3v) is 6.46. The molecule has 1 aromatic carbocycles. The first-order chi connectivity index (χ1) is 7.31. The SMILES string of the molecule is Cc1cccc(C)c1S(=O)CC[Si](C)(C)C. The molecule has 0 radical (unpaired) electrons. The average Bonchev–Trinajstić information content (AvgIpc) is 2.13. The number of hydrogen-bond donors (Lipinski definition) is 0. The van der Waals surface area contributed by atoms with Crippen LogP contribution in [0.5, 0.6) is 0 Å². The van der Waals surface area contributed by atoms with Crippen molar-refractivity contribution >= 4 is 18.9 Å². The van der Waals surface area contributed by atoms with Crippen molar-refractivity contribution in [3.8, 4) is 0 Å². The first-order valence-electron chi connectivity index (χ1n) is 5.76. The second-order valence-electron chi connectivity index (χ2n) is 5.58. The van der Waals surface area contributed by atoms with Crippen molar-refractivity contribution in [1.29, 1.82) is 0 Å². The van der Waals surface area contributed by atoms with Crippen molar-refractivity contribution in [3.05, 3.63) is 29.3 Å². The molecule has 0 aromatic heterocycles. The zero-order valence-electron chi connectivity index (χ0n) is 11.0. The van der Waals surface area contributed by atoms with E-state index in [9.17, 15) is 4.21 Å². The molecule has 0 heterocycles. The van der Waals surface area contributed by atoms with E-state index in [1.54, 1.807) is 0 Å². The molecule has 1 unspecified atom stereocenters. The molecule has 1 nitrogen and oxygen atoms in total. The van der Waals surface area contributed by atoms with Crippen LogP contribution in [0.4, 0.5) is 0 Å². The Morgan fingerprint density at radius 3 is 2.06 bits per heavy atom. The van der Waals surface area contributed by atoms with Crippen LogP contribution < -0.4 is 0 Å². The number of aryl methyl sites for hydroxylation is 2. The maximum absolute atomic E-state index is 12.3. The summed E-state index contributed by atoms with van der Waals surface area (Å²) >= 11 is 0. The summed E-state index contributed by atoms with van der Waals surface area (Å²) in [6.07, 6.45) is 0. The lowest BCUT2D eigenvalue weighted by Crippen LogP contribution is -2.22. The molecule has 0 saturated heterocycles. The fourth-order valence-electron chi connectivity index (χ4n) is 1.66. The van der Waals surface area contributed by atoms with Gasteiger partial charge in [0.15, 0.2) is 0 Å². The van der Waals surface area contributed by atoms with Gasteiger partial charge in [-0.1, -0.05) is 37.8 Å². The average molecular weight is 254 g/mol. The lowest BCUT2D eigenvalue weighted by atomic mass is 10.2. The van der Waals surface area contributed by atoms with Gasteiger partial charge >= 0.3 is 0 Å². The minimum absolute atomic E-state index is 0.818. The summed E-state index contributed by atoms with van der Waals surface area (Å²) in [4.78, 5) is 1.06. The lowest BCUT2D eigenvalue weighted by molar-refractivity contribution is 0.682. The highest BCUT2D eigenvalue weighted by Crippen LogP contribution is 2.20. The molecule has 0 aliphatic rings. The molecule has 3 heteroatoms. The van der Waals surface area contributed by atoms with Crippen LogP contribution in [-0.2, 0) is 10.8 Å². The molecule has 0 aliphatic heterocycles. The minimum Gasteiger partial charge on any atom is -0.254 e. The molecule has 1 aromatic rings. The van der Waals surface area contributed by atoms with E-state index in [0.29, 0.717) is 0 Å². The summed E-state index contributed by atoms with van der Waals surface area (Å²) in [5.74, 6) is 0.821. The van der Waals surface area contributed by atoms with Gasteiger partial charge in [-0.25, -0.2) is 0 Å². The summed E-state index contributed by atoms with van der Waals surface area (Å²) in [5.41, 5.74) is 2.32. The minimum atomic E-state index is -1.08. The largest absolute Gasteiger partial charge is 0.254 e. The van der Waals surface area contributed by atoms with Crippen LogP contribution in [0.2, 0.25) is 25.7 Å². The Morgan fingerprint density at radius 2 is 1.62 bits per heavy atom. The van der Waals surface area contributed by atoms with Crippen LogP contribution in [0.25, 0.3) is 0 Å². The monoisotopic (exact) mass is 254 g/mol. The second-order valence-corrected chi connectivity index (χ2v) is 12.7. The fraction of sp³-hybridized carbons (Fsp3) is 0.538. The Morgan fingerprint density at radius 1 is 1.12 bits per heavy atom. The van der Waals surface area contributed by atoms with Gasteiger partial charge in [0, 0.05) is 18.7 Å². The van der Waals surface area contributed by atoms with Gasteiger partial charge in [0.1, 0.15) is 0 Å². The van der Waals surface area contributed by atoms with Crippen LogP contribution in [-0.4, -0.2) is 18.0 Å². The van der Waals surface area contributed by atoms with Gasteiger partial charge in [-0.3, -0.25) is 4.21 Å². The van der Waals surface area contributed by atoms with Crippen molar-refractivity contribution in [2.45, 2.75) is 44.4 Å². The van der Waals surface area contributed by atoms with Gasteiger partial charge in [0.05, 0.1) is 10.8 Å². The topological polar surface area (TPSA) is 17.1 Å². The van der Waals surface area contributed by atoms with Crippen LogP contribution in [0.1, 0.15) is 11.1 Å². The molecule has 1 atom stereocenters. The van der Waals surface area contributed by atoms with Gasteiger partial charge in [0.2, 0.25) is 0 Å². The molecule has 0 bridgehead atoms. The Labute approximate surface area is 103 Å². The normalized spacial score (nSPS) is 13.8. The second kappa shape index (κ2) is 5.28. The van der Waals surface area contributed by atoms with Crippen molar-refractivity contribution < 1.29 is 4.21 Å². The summed E-state index contributed by atoms with van der Waals surface area (Å²) in [6, 6.07) is 7.26. The summed E-state index contributed by atoms with van der Waals surface area (Å²) < 4.78 is 12.3. The van der Waals surface area contributed by atoms with Gasteiger partial charge in [-0.15, -0.1) is 0 Å². The van der Waals surface area contributed by atoms with Gasteiger partial charge < -0.3 is 0 Å². The molecular formula is C13H22OSSi. The maximum atomic E-state index is 12.3. The Kier molecular flexibility index (Phi) is 4.50. The third-order valence-electron chi connectivity index (χ3n) is 2.67. The molecule has 0 N–H and O–H groups in total. The molecule has 90 valence electrons. The predicted molar refractivity (Wildman–Crippen MR) is 75.3 cm³/mol. The summed E-state index contributed by atoms with van der Waals surface area (Å²) in [5, 5.41) is 0. The van der Waals surface area contributed by atoms with E-state index < -0.39 is 18.9 Å². The Bertz CT molecular complexity index is 373. The number of benzene rings is 1. The van der Waals surface area contributed by atoms with Crippen molar-refractivity contribution in [2.75, 3.05) is 5.75 Å². The first-order valence-corrected chi connectivity index (χ1v) is 10.8. The van der Waals surface area contributed by atoms with Crippen molar-refractivity contribution in [3.63, 3.8) is 0 Å². The molecule has 0 spiro atoms. The third kappa shape index (κ3) is 3.87. The van der Waals surface area contributed by atoms with E-state index in [-0.39, 0.29) is 0 Å². The van der Waals surface area contributed by atoms with Gasteiger partial charge in [0.25, 0.3) is 0 Å². The fourth-order valence-corrected chi connectivity index (χ4v) is 5.91. The van der Waals surface area contributed by atoms with Crippen LogP contribution in [0.15, 0.2) is 23.1 Å². The van der Waals surface area contributed by atoms with Gasteiger partial charge in [-0.2, -0.15) is 0 Å². The molecule has 0 fully saturated rings. The predicted octanol–water partition coefficient (Wildman–Crippen LogP) is 3.75. The van der Waals surface area contributed by atoms with E-state index >= 15 is 0 Å².